The molecule has 0 spiro atoms. The Labute approximate surface area is 103 Å². The maximum Gasteiger partial charge on any atom is 0.138 e. The predicted octanol–water partition coefficient (Wildman–Crippen LogP) is 0.658. The molecule has 0 amide bonds. The van der Waals surface area contributed by atoms with Crippen molar-refractivity contribution in [1.82, 2.24) is 20.2 Å². The zero-order valence-electron chi connectivity index (χ0n) is 11.1. The summed E-state index contributed by atoms with van der Waals surface area (Å²) in [6.45, 7) is 6.24. The molecule has 0 aliphatic carbocycles. The highest BCUT2D eigenvalue weighted by molar-refractivity contribution is 4.93. The highest BCUT2D eigenvalue weighted by Crippen LogP contribution is 2.11. The molecular formula is C11H23N5O. The van der Waals surface area contributed by atoms with Crippen LogP contribution in [0.15, 0.2) is 6.33 Å². The van der Waals surface area contributed by atoms with Crippen molar-refractivity contribution >= 4 is 0 Å². The second-order valence-electron chi connectivity index (χ2n) is 4.37. The van der Waals surface area contributed by atoms with Crippen LogP contribution in [0.2, 0.25) is 0 Å². The number of ether oxygens (including phenoxy) is 1. The zero-order valence-corrected chi connectivity index (χ0v) is 11.1. The molecule has 6 nitrogen and oxygen atoms in total. The lowest BCUT2D eigenvalue weighted by molar-refractivity contribution is 0.0643. The van der Waals surface area contributed by atoms with Gasteiger partial charge in [0.15, 0.2) is 0 Å². The van der Waals surface area contributed by atoms with E-state index >= 15 is 0 Å². The molecule has 2 atom stereocenters. The molecule has 3 N–H and O–H groups in total. The van der Waals surface area contributed by atoms with E-state index in [1.165, 1.54) is 0 Å². The van der Waals surface area contributed by atoms with Gasteiger partial charge in [-0.15, -0.1) is 0 Å². The number of hydrogen-bond donors (Lipinski definition) is 2. The molecular weight excluding hydrogens is 218 g/mol. The molecule has 6 heteroatoms. The van der Waals surface area contributed by atoms with Crippen LogP contribution < -0.4 is 11.3 Å². The van der Waals surface area contributed by atoms with E-state index < -0.39 is 0 Å². The largest absolute Gasteiger partial charge is 0.380 e. The van der Waals surface area contributed by atoms with Crippen molar-refractivity contribution in [2.24, 2.45) is 5.84 Å². The van der Waals surface area contributed by atoms with Gasteiger partial charge in [0.05, 0.1) is 12.1 Å². The van der Waals surface area contributed by atoms with E-state index in [9.17, 15) is 0 Å². The summed E-state index contributed by atoms with van der Waals surface area (Å²) in [5.74, 6) is 6.51. The van der Waals surface area contributed by atoms with E-state index in [0.29, 0.717) is 12.5 Å². The Kier molecular flexibility index (Phi) is 5.54. The first kappa shape index (κ1) is 14.1. The molecule has 0 saturated heterocycles. The summed E-state index contributed by atoms with van der Waals surface area (Å²) in [6.07, 6.45) is 3.27. The van der Waals surface area contributed by atoms with E-state index in [4.69, 9.17) is 10.6 Å². The predicted molar refractivity (Wildman–Crippen MR) is 66.3 cm³/mol. The zero-order chi connectivity index (χ0) is 12.8. The van der Waals surface area contributed by atoms with Gasteiger partial charge in [-0.05, 0) is 20.3 Å². The van der Waals surface area contributed by atoms with Crippen molar-refractivity contribution in [3.8, 4) is 0 Å². The quantitative estimate of drug-likeness (QED) is 0.541. The van der Waals surface area contributed by atoms with Gasteiger partial charge in [0.1, 0.15) is 12.2 Å². The smallest absolute Gasteiger partial charge is 0.138 e. The van der Waals surface area contributed by atoms with Crippen LogP contribution in [-0.2, 0) is 11.2 Å². The number of methoxy groups -OCH3 is 1. The number of aromatic nitrogens is 3. The van der Waals surface area contributed by atoms with Crippen LogP contribution in [0.1, 0.15) is 39.1 Å². The summed E-state index contributed by atoms with van der Waals surface area (Å²) in [6, 6.07) is 0.347. The molecule has 98 valence electrons. The van der Waals surface area contributed by atoms with Gasteiger partial charge in [0, 0.05) is 19.6 Å². The first-order chi connectivity index (χ1) is 8.13. The minimum absolute atomic E-state index is 0.0479. The molecule has 0 saturated carbocycles. The molecule has 0 radical (unpaired) electrons. The van der Waals surface area contributed by atoms with Gasteiger partial charge in [0.25, 0.3) is 0 Å². The Morgan fingerprint density at radius 2 is 2.24 bits per heavy atom. The third-order valence-electron chi connectivity index (χ3n) is 2.91. The normalized spacial score (nSPS) is 15.2. The van der Waals surface area contributed by atoms with Crippen LogP contribution in [0.5, 0.6) is 0 Å². The van der Waals surface area contributed by atoms with Gasteiger partial charge in [-0.25, -0.2) is 9.67 Å². The average Bonchev–Trinajstić information content (AvgIpc) is 2.77. The highest BCUT2D eigenvalue weighted by Gasteiger charge is 2.21. The molecule has 1 aromatic heterocycles. The summed E-state index contributed by atoms with van der Waals surface area (Å²) in [7, 11) is 1.70. The minimum Gasteiger partial charge on any atom is -0.380 e. The standard InChI is InChI=1S/C11H23N5O/c1-5-10(17-4)9(15-12)6-11-13-7-14-16(11)8(2)3/h7-10,15H,5-6,12H2,1-4H3. The summed E-state index contributed by atoms with van der Waals surface area (Å²) in [4.78, 5) is 4.28. The molecule has 17 heavy (non-hydrogen) atoms. The molecule has 0 fully saturated rings. The van der Waals surface area contributed by atoms with Gasteiger partial charge in [-0.1, -0.05) is 6.92 Å². The van der Waals surface area contributed by atoms with Crippen LogP contribution in [0.4, 0.5) is 0 Å². The van der Waals surface area contributed by atoms with Crippen molar-refractivity contribution < 1.29 is 4.74 Å². The van der Waals surface area contributed by atoms with Gasteiger partial charge in [-0.3, -0.25) is 11.3 Å². The third-order valence-corrected chi connectivity index (χ3v) is 2.91. The summed E-state index contributed by atoms with van der Waals surface area (Å²) in [5.41, 5.74) is 2.80. The second-order valence-corrected chi connectivity index (χ2v) is 4.37. The summed E-state index contributed by atoms with van der Waals surface area (Å²) in [5, 5.41) is 4.21. The first-order valence-corrected chi connectivity index (χ1v) is 6.01. The van der Waals surface area contributed by atoms with Crippen molar-refractivity contribution in [2.45, 2.75) is 51.8 Å². The molecule has 1 aromatic rings. The Morgan fingerprint density at radius 3 is 2.71 bits per heavy atom. The second kappa shape index (κ2) is 6.68. The van der Waals surface area contributed by atoms with Crippen molar-refractivity contribution in [3.63, 3.8) is 0 Å². The number of rotatable bonds is 7. The highest BCUT2D eigenvalue weighted by atomic mass is 16.5. The minimum atomic E-state index is 0.0479. The number of nitrogens with zero attached hydrogens (tertiary/aromatic N) is 3. The molecule has 1 rings (SSSR count). The lowest BCUT2D eigenvalue weighted by Gasteiger charge is -2.24. The fourth-order valence-corrected chi connectivity index (χ4v) is 1.96. The van der Waals surface area contributed by atoms with Gasteiger partial charge in [-0.2, -0.15) is 5.10 Å². The maximum atomic E-state index is 5.58. The van der Waals surface area contributed by atoms with Gasteiger partial charge < -0.3 is 4.74 Å². The first-order valence-electron chi connectivity index (χ1n) is 6.01. The van der Waals surface area contributed by atoms with Crippen molar-refractivity contribution in [1.29, 1.82) is 0 Å². The lowest BCUT2D eigenvalue weighted by atomic mass is 10.1. The molecule has 0 aliphatic rings. The Hall–Kier alpha value is -0.980. The average molecular weight is 241 g/mol. The van der Waals surface area contributed by atoms with Gasteiger partial charge >= 0.3 is 0 Å². The van der Waals surface area contributed by atoms with Crippen molar-refractivity contribution in [3.05, 3.63) is 12.2 Å². The molecule has 2 unspecified atom stereocenters. The number of nitrogens with two attached hydrogens (primary N) is 1. The number of hydrazine groups is 1. The molecule has 0 aromatic carbocycles. The van der Waals surface area contributed by atoms with Crippen LogP contribution in [0.3, 0.4) is 0 Å². The molecule has 0 bridgehead atoms. The summed E-state index contributed by atoms with van der Waals surface area (Å²) >= 11 is 0. The number of nitrogens with one attached hydrogen (secondary N) is 1. The van der Waals surface area contributed by atoms with Crippen LogP contribution in [0.25, 0.3) is 0 Å². The Morgan fingerprint density at radius 1 is 1.53 bits per heavy atom. The van der Waals surface area contributed by atoms with Gasteiger partial charge in [0.2, 0.25) is 0 Å². The fraction of sp³-hybridized carbons (Fsp3) is 0.818. The van der Waals surface area contributed by atoms with E-state index in [-0.39, 0.29) is 12.1 Å². The molecule has 1 heterocycles. The van der Waals surface area contributed by atoms with Crippen LogP contribution in [-0.4, -0.2) is 34.0 Å². The SMILES string of the molecule is CCC(OC)C(Cc1ncnn1C(C)C)NN. The van der Waals surface area contributed by atoms with E-state index in [1.807, 2.05) is 4.68 Å². The van der Waals surface area contributed by atoms with E-state index in [2.05, 4.69) is 36.3 Å². The monoisotopic (exact) mass is 241 g/mol. The Balaban J connectivity index is 2.76. The van der Waals surface area contributed by atoms with E-state index in [1.54, 1.807) is 13.4 Å². The topological polar surface area (TPSA) is 78.0 Å². The maximum absolute atomic E-state index is 5.58. The molecule has 0 aliphatic heterocycles. The van der Waals surface area contributed by atoms with Crippen LogP contribution in [0, 0.1) is 0 Å². The third kappa shape index (κ3) is 3.49. The fourth-order valence-electron chi connectivity index (χ4n) is 1.96. The lowest BCUT2D eigenvalue weighted by Crippen LogP contribution is -2.46. The van der Waals surface area contributed by atoms with Crippen LogP contribution >= 0.6 is 0 Å². The van der Waals surface area contributed by atoms with E-state index in [0.717, 1.165) is 12.2 Å². The van der Waals surface area contributed by atoms with Crippen molar-refractivity contribution in [2.75, 3.05) is 7.11 Å². The Bertz CT molecular complexity index is 321. The number of hydrogen-bond acceptors (Lipinski definition) is 5. The summed E-state index contributed by atoms with van der Waals surface area (Å²) < 4.78 is 7.31.